The van der Waals surface area contributed by atoms with Crippen LogP contribution in [0.5, 0.6) is 11.5 Å². The largest absolute Gasteiger partial charge is 0.496 e. The molecule has 0 aliphatic rings. The van der Waals surface area contributed by atoms with Crippen LogP contribution in [0.3, 0.4) is 0 Å². The van der Waals surface area contributed by atoms with Gasteiger partial charge in [-0.3, -0.25) is 4.79 Å². The lowest BCUT2D eigenvalue weighted by Crippen LogP contribution is -2.39. The molecule has 0 saturated carbocycles. The molecule has 2 rings (SSSR count). The Kier molecular flexibility index (Phi) is 9.00. The Labute approximate surface area is 178 Å². The number of para-hydroxylation sites is 1. The van der Waals surface area contributed by atoms with E-state index in [9.17, 15) is 13.6 Å². The maximum Gasteiger partial charge on any atom is 0.284 e. The first-order valence-electron chi connectivity index (χ1n) is 9.86. The second-order valence-electron chi connectivity index (χ2n) is 6.89. The molecule has 2 atom stereocenters. The summed E-state index contributed by atoms with van der Waals surface area (Å²) in [7, 11) is 3.11. The average Bonchev–Trinajstić information content (AvgIpc) is 2.73. The molecule has 0 radical (unpaired) electrons. The number of ether oxygens (including phenoxy) is 2. The normalized spacial score (nSPS) is 12.3. The number of rotatable bonds is 11. The molecule has 0 fully saturated rings. The molecule has 2 unspecified atom stereocenters. The first-order chi connectivity index (χ1) is 14.3. The van der Waals surface area contributed by atoms with Crippen LogP contribution in [0.4, 0.5) is 8.78 Å². The number of nitrogens with two attached hydrogens (primary N) is 1. The molecule has 1 amide bonds. The van der Waals surface area contributed by atoms with Crippen LogP contribution in [0.1, 0.15) is 36.5 Å². The third kappa shape index (κ3) is 6.64. The van der Waals surface area contributed by atoms with E-state index in [2.05, 4.69) is 5.32 Å². The molecule has 0 spiro atoms. The van der Waals surface area contributed by atoms with Gasteiger partial charge in [-0.25, -0.2) is 0 Å². The Morgan fingerprint density at radius 3 is 2.60 bits per heavy atom. The monoisotopic (exact) mass is 438 g/mol. The Morgan fingerprint density at radius 2 is 1.97 bits per heavy atom. The second kappa shape index (κ2) is 11.2. The molecular formula is C22H29F2N2O3P. The van der Waals surface area contributed by atoms with Gasteiger partial charge in [0.1, 0.15) is 11.5 Å². The summed E-state index contributed by atoms with van der Waals surface area (Å²) in [6.07, 6.45) is 0.995. The Balaban J connectivity index is 2.05. The molecule has 0 saturated heterocycles. The topological polar surface area (TPSA) is 73.6 Å². The van der Waals surface area contributed by atoms with Crippen molar-refractivity contribution < 1.29 is 23.0 Å². The van der Waals surface area contributed by atoms with Crippen LogP contribution < -0.4 is 20.5 Å². The molecule has 3 N–H and O–H groups in total. The molecule has 0 aromatic heterocycles. The Bertz CT molecular complexity index is 843. The van der Waals surface area contributed by atoms with Gasteiger partial charge >= 0.3 is 0 Å². The molecule has 30 heavy (non-hydrogen) atoms. The lowest BCUT2D eigenvalue weighted by Gasteiger charge is -2.21. The smallest absolute Gasteiger partial charge is 0.284 e. The first kappa shape index (κ1) is 24.0. The number of halogens is 2. The van der Waals surface area contributed by atoms with Gasteiger partial charge < -0.3 is 20.5 Å². The molecule has 5 nitrogen and oxygen atoms in total. The second-order valence-corrected chi connectivity index (χ2v) is 7.62. The van der Waals surface area contributed by atoms with Gasteiger partial charge in [-0.05, 0) is 42.2 Å². The van der Waals surface area contributed by atoms with Crippen LogP contribution in [0.2, 0.25) is 0 Å². The summed E-state index contributed by atoms with van der Waals surface area (Å²) < 4.78 is 38.9. The van der Waals surface area contributed by atoms with Crippen molar-refractivity contribution in [2.45, 2.75) is 44.5 Å². The molecule has 2 aromatic rings. The maximum absolute atomic E-state index is 13.9. The first-order valence-corrected chi connectivity index (χ1v) is 10.4. The fourth-order valence-electron chi connectivity index (χ4n) is 3.13. The Hall–Kier alpha value is -2.24. The number of nitrogens with one attached hydrogen (secondary N) is 1. The fourth-order valence-corrected chi connectivity index (χ4v) is 3.40. The van der Waals surface area contributed by atoms with E-state index in [0.29, 0.717) is 31.4 Å². The number of alkyl halides is 2. The van der Waals surface area contributed by atoms with Gasteiger partial charge in [-0.15, -0.1) is 0 Å². The summed E-state index contributed by atoms with van der Waals surface area (Å²) in [5.41, 5.74) is 3.52. The van der Waals surface area contributed by atoms with E-state index in [1.165, 1.54) is 21.4 Å². The van der Waals surface area contributed by atoms with Gasteiger partial charge in [0, 0.05) is 18.7 Å². The predicted octanol–water partition coefficient (Wildman–Crippen LogP) is 3.98. The zero-order valence-corrected chi connectivity index (χ0v) is 18.4. The number of hydrogen-bond acceptors (Lipinski definition) is 4. The summed E-state index contributed by atoms with van der Waals surface area (Å²) in [5.74, 6) is 0.690. The SMILES string of the molecule is CCCC(Oc1ccc(CN)c(C(F)(F)P)c1)C(=O)NCCc1ccccc1OC. The molecular weight excluding hydrogens is 409 g/mol. The van der Waals surface area contributed by atoms with Crippen LogP contribution in [0.15, 0.2) is 42.5 Å². The zero-order chi connectivity index (χ0) is 22.1. The van der Waals surface area contributed by atoms with Gasteiger partial charge in [-0.1, -0.05) is 46.8 Å². The van der Waals surface area contributed by atoms with Crippen molar-refractivity contribution in [3.05, 3.63) is 59.2 Å². The molecule has 0 bridgehead atoms. The van der Waals surface area contributed by atoms with Crippen LogP contribution in [0.25, 0.3) is 0 Å². The van der Waals surface area contributed by atoms with Crippen LogP contribution in [-0.2, 0) is 23.4 Å². The Morgan fingerprint density at radius 1 is 1.23 bits per heavy atom. The van der Waals surface area contributed by atoms with Crippen molar-refractivity contribution >= 4 is 15.1 Å². The van der Waals surface area contributed by atoms with E-state index in [0.717, 1.165) is 11.3 Å². The summed E-state index contributed by atoms with van der Waals surface area (Å²) >= 11 is 0. The lowest BCUT2D eigenvalue weighted by molar-refractivity contribution is -0.128. The van der Waals surface area contributed by atoms with E-state index >= 15 is 0 Å². The fraction of sp³-hybridized carbons (Fsp3) is 0.409. The third-order valence-electron chi connectivity index (χ3n) is 4.67. The minimum atomic E-state index is -3.13. The van der Waals surface area contributed by atoms with Gasteiger partial charge in [0.2, 0.25) is 0 Å². The van der Waals surface area contributed by atoms with E-state index in [1.807, 2.05) is 31.2 Å². The minimum Gasteiger partial charge on any atom is -0.496 e. The van der Waals surface area contributed by atoms with Crippen molar-refractivity contribution in [3.63, 3.8) is 0 Å². The molecule has 2 aromatic carbocycles. The van der Waals surface area contributed by atoms with Crippen molar-refractivity contribution in [2.24, 2.45) is 5.73 Å². The van der Waals surface area contributed by atoms with Crippen LogP contribution in [0, 0.1) is 0 Å². The number of benzene rings is 2. The number of methoxy groups -OCH3 is 1. The highest BCUT2D eigenvalue weighted by Crippen LogP contribution is 2.38. The molecule has 0 aliphatic carbocycles. The highest BCUT2D eigenvalue weighted by Gasteiger charge is 2.28. The summed E-state index contributed by atoms with van der Waals surface area (Å²) in [4.78, 5) is 12.6. The van der Waals surface area contributed by atoms with Crippen molar-refractivity contribution in [1.29, 1.82) is 0 Å². The number of carbonyl (C=O) groups is 1. The highest BCUT2D eigenvalue weighted by atomic mass is 31.0. The van der Waals surface area contributed by atoms with Crippen molar-refractivity contribution in [1.82, 2.24) is 5.32 Å². The van der Waals surface area contributed by atoms with Crippen molar-refractivity contribution in [2.75, 3.05) is 13.7 Å². The number of hydrogen-bond donors (Lipinski definition) is 2. The zero-order valence-electron chi connectivity index (χ0n) is 17.3. The van der Waals surface area contributed by atoms with E-state index in [4.69, 9.17) is 15.2 Å². The maximum atomic E-state index is 13.9. The number of carbonyl (C=O) groups excluding carboxylic acids is 1. The van der Waals surface area contributed by atoms with Gasteiger partial charge in [0.05, 0.1) is 7.11 Å². The standard InChI is InChI=1S/C22H29F2N2O3P/c1-3-6-20(21(27)26-12-11-15-7-4-5-8-19(15)28-2)29-17-10-9-16(14-25)18(13-17)22(23,24)30/h4-5,7-10,13,20H,3,6,11-12,14,25,30H2,1-2H3,(H,26,27). The quantitative estimate of drug-likeness (QED) is 0.521. The van der Waals surface area contributed by atoms with Gasteiger partial charge in [0.15, 0.2) is 6.10 Å². The summed E-state index contributed by atoms with van der Waals surface area (Å²) in [6.45, 7) is 2.32. The number of amides is 1. The van der Waals surface area contributed by atoms with E-state index in [-0.39, 0.29) is 23.8 Å². The van der Waals surface area contributed by atoms with E-state index < -0.39 is 11.8 Å². The summed E-state index contributed by atoms with van der Waals surface area (Å²) in [5, 5.41) is 2.86. The van der Waals surface area contributed by atoms with E-state index in [1.54, 1.807) is 13.2 Å². The predicted molar refractivity (Wildman–Crippen MR) is 117 cm³/mol. The lowest BCUT2D eigenvalue weighted by atomic mass is 10.1. The third-order valence-corrected chi connectivity index (χ3v) is 4.98. The van der Waals surface area contributed by atoms with Gasteiger partial charge in [0.25, 0.3) is 11.6 Å². The van der Waals surface area contributed by atoms with Crippen molar-refractivity contribution in [3.8, 4) is 11.5 Å². The van der Waals surface area contributed by atoms with Gasteiger partial charge in [-0.2, -0.15) is 8.78 Å². The average molecular weight is 438 g/mol. The van der Waals surface area contributed by atoms with Crippen LogP contribution in [-0.4, -0.2) is 25.7 Å². The van der Waals surface area contributed by atoms with Crippen LogP contribution >= 0.6 is 9.24 Å². The molecule has 0 aliphatic heterocycles. The highest BCUT2D eigenvalue weighted by molar-refractivity contribution is 7.17. The molecule has 164 valence electrons. The minimum absolute atomic E-state index is 0.0125. The summed E-state index contributed by atoms with van der Waals surface area (Å²) in [6, 6.07) is 11.9. The molecule has 0 heterocycles. The molecule has 8 heteroatoms.